The van der Waals surface area contributed by atoms with Crippen LogP contribution in [0.2, 0.25) is 0 Å². The van der Waals surface area contributed by atoms with Crippen LogP contribution < -0.4 is 9.64 Å². The lowest BCUT2D eigenvalue weighted by atomic mass is 10.2. The van der Waals surface area contributed by atoms with Gasteiger partial charge in [-0.2, -0.15) is 5.10 Å². The Morgan fingerprint density at radius 1 is 1.03 bits per heavy atom. The normalized spacial score (nSPS) is 13.9. The van der Waals surface area contributed by atoms with Gasteiger partial charge >= 0.3 is 0 Å². The highest BCUT2D eigenvalue weighted by Crippen LogP contribution is 2.29. The Balaban J connectivity index is 1.16. The van der Waals surface area contributed by atoms with Crippen LogP contribution >= 0.6 is 11.3 Å². The van der Waals surface area contributed by atoms with Crippen molar-refractivity contribution in [3.8, 4) is 22.8 Å². The average molecular weight is 502 g/mol. The summed E-state index contributed by atoms with van der Waals surface area (Å²) in [5, 5.41) is 4.13. The van der Waals surface area contributed by atoms with E-state index in [1.807, 2.05) is 52.8 Å². The number of aromatic nitrogens is 7. The molecule has 5 aromatic rings. The van der Waals surface area contributed by atoms with E-state index < -0.39 is 0 Å². The Morgan fingerprint density at radius 2 is 1.81 bits per heavy atom. The number of amides is 1. The van der Waals surface area contributed by atoms with Crippen molar-refractivity contribution >= 4 is 28.0 Å². The monoisotopic (exact) mass is 501 g/mol. The Bertz CT molecular complexity index is 1520. The average Bonchev–Trinajstić information content (AvgIpc) is 3.67. The molecule has 0 bridgehead atoms. The van der Waals surface area contributed by atoms with Crippen LogP contribution in [-0.4, -0.2) is 78.2 Å². The number of anilines is 1. The van der Waals surface area contributed by atoms with E-state index in [0.29, 0.717) is 32.0 Å². The number of hydrogen-bond donors (Lipinski definition) is 0. The number of nitrogens with zero attached hydrogens (tertiary/aromatic N) is 9. The van der Waals surface area contributed by atoms with Gasteiger partial charge in [-0.15, -0.1) is 0 Å². The number of piperazine rings is 1. The van der Waals surface area contributed by atoms with Crippen molar-refractivity contribution in [2.45, 2.75) is 6.92 Å². The number of fused-ring (bicyclic) bond motifs is 1. The minimum Gasteiger partial charge on any atom is -0.497 e. The molecule has 6 rings (SSSR count). The maximum absolute atomic E-state index is 13.4. The SMILES string of the molecule is COc1ccc(-c2cn3c(C)c(C(=O)N4CCN(c5cc(-n6cncn6)ncn5)CC4)sc3n2)cc1. The van der Waals surface area contributed by atoms with Gasteiger partial charge in [0.15, 0.2) is 10.8 Å². The number of hydrogen-bond acceptors (Lipinski definition) is 9. The molecule has 4 aromatic heterocycles. The molecular formula is C24H23N9O2S. The van der Waals surface area contributed by atoms with Crippen LogP contribution in [-0.2, 0) is 0 Å². The number of carbonyl (C=O) groups excluding carboxylic acids is 1. The van der Waals surface area contributed by atoms with Gasteiger partial charge in [-0.05, 0) is 31.2 Å². The number of aryl methyl sites for hydroxylation is 1. The molecule has 12 heteroatoms. The highest BCUT2D eigenvalue weighted by atomic mass is 32.1. The van der Waals surface area contributed by atoms with Crippen LogP contribution in [0.5, 0.6) is 5.75 Å². The first kappa shape index (κ1) is 22.2. The Morgan fingerprint density at radius 3 is 2.50 bits per heavy atom. The molecule has 1 saturated heterocycles. The highest BCUT2D eigenvalue weighted by molar-refractivity contribution is 7.19. The van der Waals surface area contributed by atoms with Crippen LogP contribution in [0.25, 0.3) is 22.0 Å². The van der Waals surface area contributed by atoms with E-state index in [9.17, 15) is 4.79 Å². The molecule has 0 spiro atoms. The molecule has 0 N–H and O–H groups in total. The molecule has 0 radical (unpaired) electrons. The lowest BCUT2D eigenvalue weighted by Gasteiger charge is -2.35. The Labute approximate surface area is 210 Å². The summed E-state index contributed by atoms with van der Waals surface area (Å²) in [6, 6.07) is 9.69. The van der Waals surface area contributed by atoms with E-state index in [2.05, 4.69) is 25.0 Å². The topological polar surface area (TPSA) is 107 Å². The largest absolute Gasteiger partial charge is 0.497 e. The van der Waals surface area contributed by atoms with Gasteiger partial charge in [0.25, 0.3) is 5.91 Å². The first-order valence-corrected chi connectivity index (χ1v) is 12.3. The van der Waals surface area contributed by atoms with Crippen LogP contribution in [0.15, 0.2) is 55.5 Å². The Hall–Kier alpha value is -4.32. The van der Waals surface area contributed by atoms with Gasteiger partial charge < -0.3 is 14.5 Å². The maximum Gasteiger partial charge on any atom is 0.265 e. The second-order valence-electron chi connectivity index (χ2n) is 8.38. The molecule has 36 heavy (non-hydrogen) atoms. The molecule has 1 aromatic carbocycles. The fraction of sp³-hybridized carbons (Fsp3) is 0.250. The van der Waals surface area contributed by atoms with Crippen molar-refractivity contribution in [1.29, 1.82) is 0 Å². The molecule has 0 atom stereocenters. The minimum atomic E-state index is 0.0413. The molecule has 1 fully saturated rings. The van der Waals surface area contributed by atoms with Gasteiger partial charge in [0.1, 0.15) is 35.4 Å². The van der Waals surface area contributed by atoms with Crippen molar-refractivity contribution in [1.82, 2.24) is 39.0 Å². The number of benzene rings is 1. The molecule has 0 aliphatic carbocycles. The van der Waals surface area contributed by atoms with E-state index in [0.717, 1.165) is 38.4 Å². The summed E-state index contributed by atoms with van der Waals surface area (Å²) >= 11 is 1.43. The molecule has 1 aliphatic heterocycles. The van der Waals surface area contributed by atoms with Crippen molar-refractivity contribution < 1.29 is 9.53 Å². The molecule has 5 heterocycles. The Kier molecular flexibility index (Phi) is 5.56. The second-order valence-corrected chi connectivity index (χ2v) is 9.36. The molecule has 11 nitrogen and oxygen atoms in total. The number of ether oxygens (including phenoxy) is 1. The van der Waals surface area contributed by atoms with Gasteiger partial charge in [-0.25, -0.2) is 24.6 Å². The van der Waals surface area contributed by atoms with Gasteiger partial charge in [-0.3, -0.25) is 9.20 Å². The summed E-state index contributed by atoms with van der Waals surface area (Å²) in [5.41, 5.74) is 2.78. The van der Waals surface area contributed by atoms with Crippen molar-refractivity contribution in [2.75, 3.05) is 38.2 Å². The summed E-state index contributed by atoms with van der Waals surface area (Å²) in [4.78, 5) is 36.4. The summed E-state index contributed by atoms with van der Waals surface area (Å²) in [5.74, 6) is 2.31. The van der Waals surface area contributed by atoms with E-state index in [1.54, 1.807) is 18.1 Å². The number of thiazole rings is 1. The number of methoxy groups -OCH3 is 1. The summed E-state index contributed by atoms with van der Waals surface area (Å²) in [6.07, 6.45) is 6.58. The van der Waals surface area contributed by atoms with Crippen LogP contribution in [0.4, 0.5) is 5.82 Å². The van der Waals surface area contributed by atoms with Crippen molar-refractivity contribution in [2.24, 2.45) is 0 Å². The predicted molar refractivity (Wildman–Crippen MR) is 135 cm³/mol. The molecule has 1 amide bonds. The van der Waals surface area contributed by atoms with E-state index in [4.69, 9.17) is 9.72 Å². The van der Waals surface area contributed by atoms with E-state index in [-0.39, 0.29) is 5.91 Å². The zero-order valence-electron chi connectivity index (χ0n) is 19.8. The minimum absolute atomic E-state index is 0.0413. The predicted octanol–water partition coefficient (Wildman–Crippen LogP) is 2.71. The number of rotatable bonds is 5. The fourth-order valence-electron chi connectivity index (χ4n) is 4.29. The third kappa shape index (κ3) is 3.94. The molecular weight excluding hydrogens is 478 g/mol. The first-order valence-electron chi connectivity index (χ1n) is 11.4. The maximum atomic E-state index is 13.4. The van der Waals surface area contributed by atoms with Gasteiger partial charge in [0.2, 0.25) is 0 Å². The van der Waals surface area contributed by atoms with Gasteiger partial charge in [0, 0.05) is 49.7 Å². The highest BCUT2D eigenvalue weighted by Gasteiger charge is 2.27. The standard InChI is InChI=1S/C24H23N9O2S/c1-16-22(36-24-29-19(12-32(16)24)17-3-5-18(35-2)6-4-17)23(34)31-9-7-30(8-10-31)20-11-21(27-14-26-20)33-15-25-13-28-33/h3-6,11-15H,7-10H2,1-2H3. The zero-order valence-corrected chi connectivity index (χ0v) is 20.6. The number of imidazole rings is 1. The third-order valence-electron chi connectivity index (χ3n) is 6.32. The van der Waals surface area contributed by atoms with Crippen LogP contribution in [0.1, 0.15) is 15.4 Å². The van der Waals surface area contributed by atoms with E-state index in [1.165, 1.54) is 24.0 Å². The first-order chi connectivity index (χ1) is 17.6. The van der Waals surface area contributed by atoms with E-state index >= 15 is 0 Å². The lowest BCUT2D eigenvalue weighted by molar-refractivity contribution is 0.0750. The van der Waals surface area contributed by atoms with Crippen molar-refractivity contribution in [3.05, 3.63) is 66.1 Å². The zero-order chi connectivity index (χ0) is 24.6. The molecule has 1 aliphatic rings. The lowest BCUT2D eigenvalue weighted by Crippen LogP contribution is -2.49. The molecule has 182 valence electrons. The van der Waals surface area contributed by atoms with Gasteiger partial charge in [-0.1, -0.05) is 11.3 Å². The van der Waals surface area contributed by atoms with Crippen molar-refractivity contribution in [3.63, 3.8) is 0 Å². The van der Waals surface area contributed by atoms with Gasteiger partial charge in [0.05, 0.1) is 12.8 Å². The third-order valence-corrected chi connectivity index (χ3v) is 7.46. The second kappa shape index (κ2) is 9.04. The molecule has 0 saturated carbocycles. The quantitative estimate of drug-likeness (QED) is 0.362. The summed E-state index contributed by atoms with van der Waals surface area (Å²) in [6.45, 7) is 4.56. The molecule has 0 unspecified atom stereocenters. The smallest absolute Gasteiger partial charge is 0.265 e. The van der Waals surface area contributed by atoms with Crippen LogP contribution in [0, 0.1) is 6.92 Å². The number of carbonyl (C=O) groups is 1. The fourth-order valence-corrected chi connectivity index (χ4v) is 5.37. The summed E-state index contributed by atoms with van der Waals surface area (Å²) in [7, 11) is 1.65. The summed E-state index contributed by atoms with van der Waals surface area (Å²) < 4.78 is 8.84. The van der Waals surface area contributed by atoms with Crippen LogP contribution in [0.3, 0.4) is 0 Å².